The van der Waals surface area contributed by atoms with Crippen LogP contribution >= 0.6 is 15.9 Å². The van der Waals surface area contributed by atoms with Crippen LogP contribution in [0.4, 0.5) is 5.69 Å². The minimum Gasteiger partial charge on any atom is -0.261 e. The molecule has 0 aliphatic carbocycles. The second kappa shape index (κ2) is 3.58. The summed E-state index contributed by atoms with van der Waals surface area (Å²) in [6, 6.07) is 5.16. The first kappa shape index (κ1) is 10.0. The quantitative estimate of drug-likeness (QED) is 0.588. The molecule has 0 spiro atoms. The molecule has 0 unspecified atom stereocenters. The average Bonchev–Trinajstić information content (AvgIpc) is 2.17. The zero-order valence-corrected chi connectivity index (χ0v) is 9.48. The Balaban J connectivity index is 2.94. The third-order valence-corrected chi connectivity index (χ3v) is 2.89. The topological polar surface area (TPSA) is 56.0 Å². The lowest BCUT2D eigenvalue weighted by Crippen LogP contribution is -1.93. The van der Waals surface area contributed by atoms with E-state index in [0.29, 0.717) is 9.86 Å². The Morgan fingerprint density at radius 2 is 2.07 bits per heavy atom. The molecule has 2 rings (SSSR count). The molecule has 1 aromatic heterocycles. The lowest BCUT2D eigenvalue weighted by atomic mass is 10.1. The van der Waals surface area contributed by atoms with Crippen LogP contribution in [0.2, 0.25) is 0 Å². The van der Waals surface area contributed by atoms with Crippen molar-refractivity contribution >= 4 is 32.4 Å². The molecule has 0 N–H and O–H groups in total. The number of benzene rings is 1. The van der Waals surface area contributed by atoms with Gasteiger partial charge in [-0.15, -0.1) is 0 Å². The van der Waals surface area contributed by atoms with Gasteiger partial charge in [0.2, 0.25) is 0 Å². The first-order valence-electron chi connectivity index (χ1n) is 4.29. The van der Waals surface area contributed by atoms with Crippen molar-refractivity contribution < 1.29 is 4.92 Å². The van der Waals surface area contributed by atoms with Gasteiger partial charge in [-0.2, -0.15) is 0 Å². The molecule has 1 heterocycles. The highest BCUT2D eigenvalue weighted by molar-refractivity contribution is 9.10. The Hall–Kier alpha value is -1.49. The summed E-state index contributed by atoms with van der Waals surface area (Å²) in [5.41, 5.74) is 0.890. The summed E-state index contributed by atoms with van der Waals surface area (Å²) < 4.78 is 0.491. The standard InChI is InChI=1S/C10H7BrN2O2/c1-6-7-2-3-9(11)10(13(14)15)8(7)4-5-12-6/h2-5H,1H3. The Morgan fingerprint density at radius 1 is 1.33 bits per heavy atom. The number of fused-ring (bicyclic) bond motifs is 1. The van der Waals surface area contributed by atoms with Gasteiger partial charge in [0.1, 0.15) is 0 Å². The second-order valence-electron chi connectivity index (χ2n) is 3.14. The number of aryl methyl sites for hydroxylation is 1. The summed E-state index contributed by atoms with van der Waals surface area (Å²) in [6.07, 6.45) is 1.58. The molecule has 1 aromatic carbocycles. The van der Waals surface area contributed by atoms with Crippen LogP contribution in [-0.4, -0.2) is 9.91 Å². The predicted octanol–water partition coefficient (Wildman–Crippen LogP) is 3.21. The maximum atomic E-state index is 10.9. The van der Waals surface area contributed by atoms with Gasteiger partial charge in [0.05, 0.1) is 14.8 Å². The number of nitrogens with zero attached hydrogens (tertiary/aromatic N) is 2. The van der Waals surface area contributed by atoms with Gasteiger partial charge in [-0.05, 0) is 35.0 Å². The van der Waals surface area contributed by atoms with E-state index in [0.717, 1.165) is 11.1 Å². The first-order valence-corrected chi connectivity index (χ1v) is 5.09. The molecule has 0 aliphatic heterocycles. The van der Waals surface area contributed by atoms with Crippen LogP contribution in [-0.2, 0) is 0 Å². The van der Waals surface area contributed by atoms with Crippen LogP contribution in [0.25, 0.3) is 10.8 Å². The Labute approximate surface area is 94.2 Å². The van der Waals surface area contributed by atoms with E-state index in [-0.39, 0.29) is 10.6 Å². The third-order valence-electron chi connectivity index (χ3n) is 2.25. The van der Waals surface area contributed by atoms with Crippen LogP contribution in [0.5, 0.6) is 0 Å². The summed E-state index contributed by atoms with van der Waals surface area (Å²) in [7, 11) is 0. The molecular weight excluding hydrogens is 260 g/mol. The van der Waals surface area contributed by atoms with Gasteiger partial charge < -0.3 is 0 Å². The lowest BCUT2D eigenvalue weighted by Gasteiger charge is -2.03. The summed E-state index contributed by atoms with van der Waals surface area (Å²) >= 11 is 3.18. The summed E-state index contributed by atoms with van der Waals surface area (Å²) in [5, 5.41) is 12.3. The van der Waals surface area contributed by atoms with E-state index in [1.165, 1.54) is 0 Å². The van der Waals surface area contributed by atoms with Crippen molar-refractivity contribution in [1.29, 1.82) is 0 Å². The Kier molecular flexibility index (Phi) is 2.40. The predicted molar refractivity (Wildman–Crippen MR) is 60.8 cm³/mol. The summed E-state index contributed by atoms with van der Waals surface area (Å²) in [4.78, 5) is 14.6. The van der Waals surface area contributed by atoms with Gasteiger partial charge in [-0.3, -0.25) is 15.1 Å². The number of pyridine rings is 1. The molecule has 4 nitrogen and oxygen atoms in total. The monoisotopic (exact) mass is 266 g/mol. The van der Waals surface area contributed by atoms with Crippen molar-refractivity contribution in [3.05, 3.63) is 44.7 Å². The minimum atomic E-state index is -0.383. The molecule has 0 aliphatic rings. The number of nitro benzene ring substituents is 1. The molecule has 0 radical (unpaired) electrons. The number of hydrogen-bond donors (Lipinski definition) is 0. The maximum Gasteiger partial charge on any atom is 0.291 e. The highest BCUT2D eigenvalue weighted by atomic mass is 79.9. The smallest absolute Gasteiger partial charge is 0.261 e. The lowest BCUT2D eigenvalue weighted by molar-refractivity contribution is -0.383. The average molecular weight is 267 g/mol. The number of hydrogen-bond acceptors (Lipinski definition) is 3. The molecule has 0 fully saturated rings. The fraction of sp³-hybridized carbons (Fsp3) is 0.100. The Morgan fingerprint density at radius 3 is 2.73 bits per heavy atom. The molecular formula is C10H7BrN2O2. The SMILES string of the molecule is Cc1nccc2c([N+](=O)[O-])c(Br)ccc12. The molecule has 2 aromatic rings. The normalized spacial score (nSPS) is 10.5. The van der Waals surface area contributed by atoms with E-state index in [1.54, 1.807) is 18.3 Å². The van der Waals surface area contributed by atoms with Crippen molar-refractivity contribution in [2.75, 3.05) is 0 Å². The zero-order valence-electron chi connectivity index (χ0n) is 7.90. The van der Waals surface area contributed by atoms with Gasteiger partial charge in [0.25, 0.3) is 5.69 Å². The number of halogens is 1. The van der Waals surface area contributed by atoms with E-state index < -0.39 is 0 Å². The van der Waals surface area contributed by atoms with Gasteiger partial charge >= 0.3 is 0 Å². The number of aromatic nitrogens is 1. The van der Waals surface area contributed by atoms with Gasteiger partial charge in [0.15, 0.2) is 0 Å². The Bertz CT molecular complexity index is 554. The fourth-order valence-corrected chi connectivity index (χ4v) is 2.03. The van der Waals surface area contributed by atoms with E-state index in [1.807, 2.05) is 13.0 Å². The van der Waals surface area contributed by atoms with Crippen LogP contribution in [0, 0.1) is 17.0 Å². The molecule has 5 heteroatoms. The first-order chi connectivity index (χ1) is 7.11. The summed E-state index contributed by atoms with van der Waals surface area (Å²) in [5.74, 6) is 0. The number of nitro groups is 1. The second-order valence-corrected chi connectivity index (χ2v) is 4.00. The maximum absolute atomic E-state index is 10.9. The highest BCUT2D eigenvalue weighted by Crippen LogP contribution is 2.33. The molecule has 0 saturated carbocycles. The molecule has 0 amide bonds. The van der Waals surface area contributed by atoms with Crippen LogP contribution in [0.3, 0.4) is 0 Å². The van der Waals surface area contributed by atoms with Crippen molar-refractivity contribution in [3.8, 4) is 0 Å². The van der Waals surface area contributed by atoms with Crippen LogP contribution in [0.15, 0.2) is 28.9 Å². The van der Waals surface area contributed by atoms with Gasteiger partial charge in [0, 0.05) is 17.3 Å². The minimum absolute atomic E-state index is 0.0954. The molecule has 0 atom stereocenters. The molecule has 0 bridgehead atoms. The third kappa shape index (κ3) is 1.59. The number of rotatable bonds is 1. The van der Waals surface area contributed by atoms with Crippen LogP contribution < -0.4 is 0 Å². The molecule has 76 valence electrons. The van der Waals surface area contributed by atoms with Crippen molar-refractivity contribution in [2.24, 2.45) is 0 Å². The van der Waals surface area contributed by atoms with Crippen LogP contribution in [0.1, 0.15) is 5.69 Å². The zero-order chi connectivity index (χ0) is 11.0. The van der Waals surface area contributed by atoms with E-state index >= 15 is 0 Å². The van der Waals surface area contributed by atoms with E-state index in [2.05, 4.69) is 20.9 Å². The van der Waals surface area contributed by atoms with Crippen molar-refractivity contribution in [1.82, 2.24) is 4.98 Å². The highest BCUT2D eigenvalue weighted by Gasteiger charge is 2.17. The largest absolute Gasteiger partial charge is 0.291 e. The van der Waals surface area contributed by atoms with Crippen molar-refractivity contribution in [3.63, 3.8) is 0 Å². The molecule has 15 heavy (non-hydrogen) atoms. The van der Waals surface area contributed by atoms with E-state index in [9.17, 15) is 10.1 Å². The molecule has 0 saturated heterocycles. The summed E-state index contributed by atoms with van der Waals surface area (Å²) in [6.45, 7) is 1.83. The van der Waals surface area contributed by atoms with Crippen molar-refractivity contribution in [2.45, 2.75) is 6.92 Å². The van der Waals surface area contributed by atoms with E-state index in [4.69, 9.17) is 0 Å². The van der Waals surface area contributed by atoms with Gasteiger partial charge in [-0.1, -0.05) is 6.07 Å². The van der Waals surface area contributed by atoms with Gasteiger partial charge in [-0.25, -0.2) is 0 Å². The fourth-order valence-electron chi connectivity index (χ4n) is 1.54.